The van der Waals surface area contributed by atoms with Gasteiger partial charge in [-0.2, -0.15) is 0 Å². The Bertz CT molecular complexity index is 585. The topological polar surface area (TPSA) is 17.1 Å². The molecule has 1 nitrogen and oxygen atoms in total. The molecular weight excluding hydrogens is 300 g/mol. The molecule has 0 fully saturated rings. The molecule has 0 heterocycles. The first-order valence-corrected chi connectivity index (χ1v) is 7.31. The van der Waals surface area contributed by atoms with Gasteiger partial charge in [0.2, 0.25) is 0 Å². The van der Waals surface area contributed by atoms with Gasteiger partial charge < -0.3 is 0 Å². The maximum absolute atomic E-state index is 12.5. The van der Waals surface area contributed by atoms with Crippen LogP contribution in [0, 0.1) is 6.92 Å². The third-order valence-corrected chi connectivity index (χ3v) is 4.24. The smallest absolute Gasteiger partial charge is 0.194 e. The van der Waals surface area contributed by atoms with Crippen molar-refractivity contribution < 1.29 is 4.79 Å². The van der Waals surface area contributed by atoms with Crippen molar-refractivity contribution in [3.05, 3.63) is 69.2 Å². The van der Waals surface area contributed by atoms with Crippen LogP contribution in [0.15, 0.2) is 46.9 Å². The van der Waals surface area contributed by atoms with Gasteiger partial charge >= 0.3 is 0 Å². The molecule has 0 aromatic heterocycles. The van der Waals surface area contributed by atoms with E-state index < -0.39 is 0 Å². The molecule has 0 N–H and O–H groups in total. The van der Waals surface area contributed by atoms with Crippen LogP contribution in [0.1, 0.15) is 40.4 Å². The second kappa shape index (κ2) is 6.16. The van der Waals surface area contributed by atoms with Crippen LogP contribution >= 0.6 is 15.9 Å². The second-order valence-electron chi connectivity index (χ2n) is 4.71. The lowest BCUT2D eigenvalue weighted by Gasteiger charge is -2.07. The SMILES string of the molecule is CCCc1ccc(C(=O)c2cccc(C)c2Br)cc1. The lowest BCUT2D eigenvalue weighted by atomic mass is 10.00. The predicted octanol–water partition coefficient (Wildman–Crippen LogP) is 4.94. The first kappa shape index (κ1) is 14.0. The van der Waals surface area contributed by atoms with E-state index >= 15 is 0 Å². The van der Waals surface area contributed by atoms with E-state index in [-0.39, 0.29) is 5.78 Å². The van der Waals surface area contributed by atoms with Crippen molar-refractivity contribution in [2.45, 2.75) is 26.7 Å². The molecule has 0 amide bonds. The maximum atomic E-state index is 12.5. The number of carbonyl (C=O) groups is 1. The molecule has 19 heavy (non-hydrogen) atoms. The van der Waals surface area contributed by atoms with E-state index in [2.05, 4.69) is 22.9 Å². The van der Waals surface area contributed by atoms with Gasteiger partial charge in [-0.05, 0) is 46.5 Å². The van der Waals surface area contributed by atoms with E-state index in [1.165, 1.54) is 5.56 Å². The number of aryl methyl sites for hydroxylation is 2. The molecule has 0 saturated carbocycles. The molecule has 0 aliphatic carbocycles. The van der Waals surface area contributed by atoms with Crippen molar-refractivity contribution in [2.24, 2.45) is 0 Å². The molecule has 0 bridgehead atoms. The highest BCUT2D eigenvalue weighted by atomic mass is 79.9. The number of hydrogen-bond donors (Lipinski definition) is 0. The molecule has 0 aliphatic heterocycles. The highest BCUT2D eigenvalue weighted by Gasteiger charge is 2.13. The van der Waals surface area contributed by atoms with Gasteiger partial charge in [-0.25, -0.2) is 0 Å². The summed E-state index contributed by atoms with van der Waals surface area (Å²) in [5, 5.41) is 0. The number of ketones is 1. The first-order chi connectivity index (χ1) is 9.13. The van der Waals surface area contributed by atoms with E-state index in [0.29, 0.717) is 0 Å². The Labute approximate surface area is 122 Å². The molecule has 0 atom stereocenters. The van der Waals surface area contributed by atoms with Gasteiger partial charge in [-0.15, -0.1) is 0 Å². The van der Waals surface area contributed by atoms with Gasteiger partial charge in [0.05, 0.1) is 0 Å². The number of rotatable bonds is 4. The summed E-state index contributed by atoms with van der Waals surface area (Å²) in [5.41, 5.74) is 3.82. The summed E-state index contributed by atoms with van der Waals surface area (Å²) in [4.78, 5) is 12.5. The highest BCUT2D eigenvalue weighted by Crippen LogP contribution is 2.23. The van der Waals surface area contributed by atoms with Gasteiger partial charge in [0.1, 0.15) is 0 Å². The fourth-order valence-electron chi connectivity index (χ4n) is 2.09. The average Bonchev–Trinajstić information content (AvgIpc) is 2.42. The summed E-state index contributed by atoms with van der Waals surface area (Å²) in [6.45, 7) is 4.15. The molecule has 2 aromatic rings. The molecule has 0 saturated heterocycles. The zero-order valence-electron chi connectivity index (χ0n) is 11.2. The van der Waals surface area contributed by atoms with Crippen LogP contribution < -0.4 is 0 Å². The standard InChI is InChI=1S/C17H17BrO/c1-3-5-13-8-10-14(11-9-13)17(19)15-7-4-6-12(2)16(15)18/h4,6-11H,3,5H2,1-2H3. The largest absolute Gasteiger partial charge is 0.289 e. The zero-order valence-corrected chi connectivity index (χ0v) is 12.8. The number of carbonyl (C=O) groups excluding carboxylic acids is 1. The minimum Gasteiger partial charge on any atom is -0.289 e. The lowest BCUT2D eigenvalue weighted by molar-refractivity contribution is 0.103. The molecular formula is C17H17BrO. The Balaban J connectivity index is 2.31. The Morgan fingerprint density at radius 2 is 1.79 bits per heavy atom. The minimum absolute atomic E-state index is 0.0682. The Morgan fingerprint density at radius 1 is 1.11 bits per heavy atom. The first-order valence-electron chi connectivity index (χ1n) is 6.52. The lowest BCUT2D eigenvalue weighted by Crippen LogP contribution is -2.03. The van der Waals surface area contributed by atoms with E-state index in [4.69, 9.17) is 0 Å². The summed E-state index contributed by atoms with van der Waals surface area (Å²) in [6.07, 6.45) is 2.18. The molecule has 98 valence electrons. The predicted molar refractivity (Wildman–Crippen MR) is 82.7 cm³/mol. The molecule has 2 aromatic carbocycles. The Kier molecular flexibility index (Phi) is 4.54. The van der Waals surface area contributed by atoms with Crippen molar-refractivity contribution in [3.63, 3.8) is 0 Å². The van der Waals surface area contributed by atoms with Gasteiger partial charge in [0, 0.05) is 15.6 Å². The molecule has 0 spiro atoms. The molecule has 0 unspecified atom stereocenters. The second-order valence-corrected chi connectivity index (χ2v) is 5.51. The molecule has 0 radical (unpaired) electrons. The van der Waals surface area contributed by atoms with Crippen LogP contribution in [0.2, 0.25) is 0 Å². The normalized spacial score (nSPS) is 10.5. The summed E-state index contributed by atoms with van der Waals surface area (Å²) in [6, 6.07) is 13.7. The maximum Gasteiger partial charge on any atom is 0.194 e. The van der Waals surface area contributed by atoms with Crippen molar-refractivity contribution in [1.82, 2.24) is 0 Å². The third kappa shape index (κ3) is 3.13. The quantitative estimate of drug-likeness (QED) is 0.730. The zero-order chi connectivity index (χ0) is 13.8. The van der Waals surface area contributed by atoms with Crippen molar-refractivity contribution in [1.29, 1.82) is 0 Å². The van der Waals surface area contributed by atoms with Gasteiger partial charge in [0.25, 0.3) is 0 Å². The Morgan fingerprint density at radius 3 is 2.42 bits per heavy atom. The van der Waals surface area contributed by atoms with Crippen molar-refractivity contribution >= 4 is 21.7 Å². The average molecular weight is 317 g/mol. The summed E-state index contributed by atoms with van der Waals surface area (Å²) in [7, 11) is 0. The molecule has 0 aliphatic rings. The summed E-state index contributed by atoms with van der Waals surface area (Å²) in [5.74, 6) is 0.0682. The van der Waals surface area contributed by atoms with Gasteiger partial charge in [0.15, 0.2) is 5.78 Å². The summed E-state index contributed by atoms with van der Waals surface area (Å²) >= 11 is 3.50. The summed E-state index contributed by atoms with van der Waals surface area (Å²) < 4.78 is 0.887. The molecule has 2 heteroatoms. The fourth-order valence-corrected chi connectivity index (χ4v) is 2.53. The van der Waals surface area contributed by atoms with Crippen LogP contribution in [0.5, 0.6) is 0 Å². The minimum atomic E-state index is 0.0682. The van der Waals surface area contributed by atoms with Crippen molar-refractivity contribution in [3.8, 4) is 0 Å². The Hall–Kier alpha value is -1.41. The van der Waals surface area contributed by atoms with E-state index in [1.807, 2.05) is 49.4 Å². The van der Waals surface area contributed by atoms with E-state index in [0.717, 1.165) is 34.0 Å². The van der Waals surface area contributed by atoms with Gasteiger partial charge in [-0.3, -0.25) is 4.79 Å². The van der Waals surface area contributed by atoms with Crippen LogP contribution in [-0.2, 0) is 6.42 Å². The number of halogens is 1. The van der Waals surface area contributed by atoms with Crippen LogP contribution in [0.4, 0.5) is 0 Å². The van der Waals surface area contributed by atoms with Crippen LogP contribution in [0.25, 0.3) is 0 Å². The third-order valence-electron chi connectivity index (χ3n) is 3.19. The van der Waals surface area contributed by atoms with Crippen molar-refractivity contribution in [2.75, 3.05) is 0 Å². The van der Waals surface area contributed by atoms with Gasteiger partial charge in [-0.1, -0.05) is 49.7 Å². The van der Waals surface area contributed by atoms with E-state index in [9.17, 15) is 4.79 Å². The van der Waals surface area contributed by atoms with E-state index in [1.54, 1.807) is 0 Å². The molecule has 2 rings (SSSR count). The fraction of sp³-hybridized carbons (Fsp3) is 0.235. The van der Waals surface area contributed by atoms with Crippen LogP contribution in [-0.4, -0.2) is 5.78 Å². The monoisotopic (exact) mass is 316 g/mol. The van der Waals surface area contributed by atoms with Crippen LogP contribution in [0.3, 0.4) is 0 Å². The number of hydrogen-bond acceptors (Lipinski definition) is 1. The number of benzene rings is 2. The highest BCUT2D eigenvalue weighted by molar-refractivity contribution is 9.10.